The van der Waals surface area contributed by atoms with Crippen LogP contribution in [0.1, 0.15) is 219 Å². The van der Waals surface area contributed by atoms with Gasteiger partial charge in [0.15, 0.2) is 0 Å². The fourth-order valence-electron chi connectivity index (χ4n) is 5.70. The van der Waals surface area contributed by atoms with Crippen molar-refractivity contribution in [1.82, 2.24) is 0 Å². The number of hydrogen-bond donors (Lipinski definition) is 1. The van der Waals surface area contributed by atoms with Gasteiger partial charge < -0.3 is 4.89 Å². The average Bonchev–Trinajstić information content (AvgIpc) is 2.96. The van der Waals surface area contributed by atoms with Crippen molar-refractivity contribution in [2.45, 2.75) is 219 Å². The zero-order valence-corrected chi connectivity index (χ0v) is 29.1. The Morgan fingerprint density at radius 1 is 0.357 bits per heavy atom. The summed E-state index contributed by atoms with van der Waals surface area (Å²) < 4.78 is 22.4. The minimum atomic E-state index is -3.87. The molecule has 4 nitrogen and oxygen atoms in total. The van der Waals surface area contributed by atoms with E-state index in [0.717, 1.165) is 25.7 Å². The van der Waals surface area contributed by atoms with Gasteiger partial charge in [0.05, 0.1) is 13.2 Å². The number of hydrogen-bond acceptors (Lipinski definition) is 3. The first kappa shape index (κ1) is 45.8. The van der Waals surface area contributed by atoms with E-state index >= 15 is 0 Å². The number of phosphoric ester groups is 1. The average molecular weight is 742 g/mol. The van der Waals surface area contributed by atoms with E-state index in [4.69, 9.17) is 9.05 Å². The van der Waals surface area contributed by atoms with Gasteiger partial charge in [0.1, 0.15) is 0 Å². The first-order valence-corrected chi connectivity index (χ1v) is 20.2. The van der Waals surface area contributed by atoms with Crippen LogP contribution in [0.4, 0.5) is 0 Å². The second-order valence-electron chi connectivity index (χ2n) is 12.7. The topological polar surface area (TPSA) is 55.8 Å². The SMILES string of the molecule is CCCCCCCCCCCCCCCCCCOP(=O)(O)OCCCCCCCCCCCCCCCCCC.[BaH2]. The van der Waals surface area contributed by atoms with Gasteiger partial charge in [-0.25, -0.2) is 4.57 Å². The van der Waals surface area contributed by atoms with Crippen LogP contribution in [0, 0.1) is 0 Å². The molecule has 0 spiro atoms. The van der Waals surface area contributed by atoms with E-state index in [0.29, 0.717) is 13.2 Å². The van der Waals surface area contributed by atoms with Gasteiger partial charge in [0, 0.05) is 0 Å². The molecule has 42 heavy (non-hydrogen) atoms. The van der Waals surface area contributed by atoms with Gasteiger partial charge >= 0.3 is 56.7 Å². The van der Waals surface area contributed by atoms with Crippen molar-refractivity contribution in [2.24, 2.45) is 0 Å². The fourth-order valence-corrected chi connectivity index (χ4v) is 6.49. The van der Waals surface area contributed by atoms with E-state index in [1.165, 1.54) is 180 Å². The van der Waals surface area contributed by atoms with E-state index in [9.17, 15) is 9.46 Å². The summed E-state index contributed by atoms with van der Waals surface area (Å²) in [5.41, 5.74) is 0. The first-order valence-electron chi connectivity index (χ1n) is 18.7. The fraction of sp³-hybridized carbons (Fsp3) is 1.00. The zero-order chi connectivity index (χ0) is 30.0. The van der Waals surface area contributed by atoms with E-state index in [2.05, 4.69) is 13.8 Å². The summed E-state index contributed by atoms with van der Waals surface area (Å²) in [7, 11) is -3.87. The normalized spacial score (nSPS) is 11.7. The van der Waals surface area contributed by atoms with E-state index in [-0.39, 0.29) is 48.9 Å². The monoisotopic (exact) mass is 742 g/mol. The second-order valence-corrected chi connectivity index (χ2v) is 14.2. The predicted octanol–water partition coefficient (Wildman–Crippen LogP) is 12.7. The summed E-state index contributed by atoms with van der Waals surface area (Å²) >= 11 is 0. The van der Waals surface area contributed by atoms with E-state index in [1.54, 1.807) is 0 Å². The minimum absolute atomic E-state index is 0. The Morgan fingerprint density at radius 2 is 0.524 bits per heavy atom. The molecular weight excluding hydrogens is 665 g/mol. The van der Waals surface area contributed by atoms with Gasteiger partial charge in [-0.15, -0.1) is 0 Å². The van der Waals surface area contributed by atoms with Crippen LogP contribution in [0.25, 0.3) is 0 Å². The summed E-state index contributed by atoms with van der Waals surface area (Å²) in [4.78, 5) is 9.88. The molecule has 252 valence electrons. The van der Waals surface area contributed by atoms with Crippen LogP contribution in [0.5, 0.6) is 0 Å². The van der Waals surface area contributed by atoms with Crippen molar-refractivity contribution in [2.75, 3.05) is 13.2 Å². The Morgan fingerprint density at radius 3 is 0.714 bits per heavy atom. The third-order valence-corrected chi connectivity index (χ3v) is 9.52. The molecule has 0 unspecified atom stereocenters. The standard InChI is InChI=1S/C36H75O4P.Ba.2H/c1-3-5-7-9-11-13-15-17-19-21-23-25-27-29-31-33-35-39-41(37,38)40-36-34-32-30-28-26-24-22-20-18-16-14-12-10-8-6-4-2;;;/h3-36H2,1-2H3,(H,37,38);;;. The molecule has 0 aromatic rings. The predicted molar refractivity (Wildman–Crippen MR) is 189 cm³/mol. The van der Waals surface area contributed by atoms with E-state index in [1.807, 2.05) is 0 Å². The van der Waals surface area contributed by atoms with Crippen LogP contribution in [-0.2, 0) is 13.6 Å². The van der Waals surface area contributed by atoms with Gasteiger partial charge in [0.25, 0.3) is 0 Å². The summed E-state index contributed by atoms with van der Waals surface area (Å²) in [6.45, 7) is 5.21. The Hall–Kier alpha value is 1.68. The molecule has 0 aliphatic rings. The molecule has 0 aliphatic carbocycles. The zero-order valence-electron chi connectivity index (χ0n) is 28.2. The third kappa shape index (κ3) is 39.7. The number of unbranched alkanes of at least 4 members (excludes halogenated alkanes) is 30. The number of rotatable bonds is 36. The molecule has 0 fully saturated rings. The first-order chi connectivity index (χ1) is 20.1. The quantitative estimate of drug-likeness (QED) is 0.0395. The van der Waals surface area contributed by atoms with Crippen LogP contribution in [0.15, 0.2) is 0 Å². The van der Waals surface area contributed by atoms with Crippen molar-refractivity contribution in [3.05, 3.63) is 0 Å². The molecule has 0 radical (unpaired) electrons. The van der Waals surface area contributed by atoms with Crippen LogP contribution >= 0.6 is 7.82 Å². The Balaban J connectivity index is 0. The van der Waals surface area contributed by atoms with Crippen molar-refractivity contribution in [3.8, 4) is 0 Å². The maximum absolute atomic E-state index is 12.0. The van der Waals surface area contributed by atoms with Gasteiger partial charge in [-0.2, -0.15) is 0 Å². The molecule has 6 heteroatoms. The molecule has 0 aliphatic heterocycles. The molecule has 0 atom stereocenters. The molecule has 0 saturated heterocycles. The molecule has 0 aromatic heterocycles. The van der Waals surface area contributed by atoms with Crippen molar-refractivity contribution in [1.29, 1.82) is 0 Å². The van der Waals surface area contributed by atoms with Gasteiger partial charge in [-0.1, -0.05) is 206 Å². The van der Waals surface area contributed by atoms with Crippen molar-refractivity contribution in [3.63, 3.8) is 0 Å². The van der Waals surface area contributed by atoms with Crippen LogP contribution in [0.3, 0.4) is 0 Å². The Bertz CT molecular complexity index is 493. The molecule has 0 heterocycles. The summed E-state index contributed by atoms with van der Waals surface area (Å²) in [5.74, 6) is 0. The molecular formula is C36H77BaO4P. The second kappa shape index (κ2) is 38.9. The Labute approximate surface area is 305 Å². The molecule has 0 amide bonds. The molecule has 1 N–H and O–H groups in total. The van der Waals surface area contributed by atoms with Gasteiger partial charge in [0.2, 0.25) is 0 Å². The molecule has 0 saturated carbocycles. The molecule has 0 aromatic carbocycles. The van der Waals surface area contributed by atoms with Crippen LogP contribution < -0.4 is 0 Å². The van der Waals surface area contributed by atoms with Crippen molar-refractivity contribution < 1.29 is 18.5 Å². The molecule has 0 bridgehead atoms. The number of phosphoric acid groups is 1. The van der Waals surface area contributed by atoms with Crippen molar-refractivity contribution >= 4 is 56.7 Å². The summed E-state index contributed by atoms with van der Waals surface area (Å²) in [5, 5.41) is 0. The summed E-state index contributed by atoms with van der Waals surface area (Å²) in [6, 6.07) is 0. The van der Waals surface area contributed by atoms with Gasteiger partial charge in [-0.05, 0) is 12.8 Å². The molecule has 0 rings (SSSR count). The Kier molecular flexibility index (Phi) is 42.4. The van der Waals surface area contributed by atoms with E-state index < -0.39 is 7.82 Å². The van der Waals surface area contributed by atoms with Gasteiger partial charge in [-0.3, -0.25) is 9.05 Å². The summed E-state index contributed by atoms with van der Waals surface area (Å²) in [6.07, 6.45) is 42.2. The van der Waals surface area contributed by atoms with Crippen LogP contribution in [0.2, 0.25) is 0 Å². The van der Waals surface area contributed by atoms with Crippen LogP contribution in [-0.4, -0.2) is 67.0 Å². The third-order valence-electron chi connectivity index (χ3n) is 8.50. The maximum atomic E-state index is 12.0.